The maximum Gasteiger partial charge on any atom is 0.416 e. The zero-order valence-corrected chi connectivity index (χ0v) is 21.6. The average Bonchev–Trinajstić information content (AvgIpc) is 3.38. The van der Waals surface area contributed by atoms with Crippen molar-refractivity contribution in [2.45, 2.75) is 44.4 Å². The van der Waals surface area contributed by atoms with E-state index >= 15 is 0 Å². The maximum absolute atomic E-state index is 13.0. The number of furan rings is 1. The monoisotopic (exact) mass is 523 g/mol. The summed E-state index contributed by atoms with van der Waals surface area (Å²) in [5.74, 6) is 3.28. The lowest BCUT2D eigenvalue weighted by atomic mass is 9.86. The fourth-order valence-corrected chi connectivity index (χ4v) is 5.04. The molecule has 1 fully saturated rings. The average molecular weight is 524 g/mol. The Balaban J connectivity index is 1.10. The minimum absolute atomic E-state index is 0.336. The van der Waals surface area contributed by atoms with E-state index in [0.29, 0.717) is 41.5 Å². The molecule has 0 spiro atoms. The molecule has 2 heterocycles. The van der Waals surface area contributed by atoms with Crippen LogP contribution in [0.4, 0.5) is 24.9 Å². The lowest BCUT2D eigenvalue weighted by Crippen LogP contribution is -2.31. The van der Waals surface area contributed by atoms with Crippen molar-refractivity contribution in [2.24, 2.45) is 5.92 Å². The minimum atomic E-state index is -4.38. The summed E-state index contributed by atoms with van der Waals surface area (Å²) in [6.07, 6.45) is -0.113. The molecule has 0 radical (unpaired) electrons. The van der Waals surface area contributed by atoms with Crippen LogP contribution in [0, 0.1) is 5.92 Å². The molecule has 6 nitrogen and oxygen atoms in total. The highest BCUT2D eigenvalue weighted by molar-refractivity contribution is 5.90. The van der Waals surface area contributed by atoms with E-state index < -0.39 is 11.7 Å². The summed E-state index contributed by atoms with van der Waals surface area (Å²) in [4.78, 5) is 11.5. The van der Waals surface area contributed by atoms with Crippen LogP contribution < -0.4 is 15.5 Å². The SMILES string of the molecule is CN(C)c1nc(N[C@H]2CC[C@@H](CNCc3ccc(-c4cccc(C(F)(F)F)c4)o3)CC2)nc2ccccc12. The number of fused-ring (bicyclic) bond motifs is 1. The van der Waals surface area contributed by atoms with Gasteiger partial charge in [-0.25, -0.2) is 4.98 Å². The predicted molar refractivity (Wildman–Crippen MR) is 144 cm³/mol. The van der Waals surface area contributed by atoms with E-state index in [2.05, 4.69) is 10.6 Å². The second-order valence-electron chi connectivity index (χ2n) is 10.1. The maximum atomic E-state index is 13.0. The van der Waals surface area contributed by atoms with Gasteiger partial charge < -0.3 is 20.0 Å². The molecule has 1 aliphatic carbocycles. The third kappa shape index (κ3) is 6.10. The summed E-state index contributed by atoms with van der Waals surface area (Å²) >= 11 is 0. The van der Waals surface area contributed by atoms with E-state index in [1.807, 2.05) is 49.3 Å². The Morgan fingerprint density at radius 3 is 2.50 bits per heavy atom. The van der Waals surface area contributed by atoms with Gasteiger partial charge in [-0.15, -0.1) is 0 Å². The van der Waals surface area contributed by atoms with Crippen LogP contribution in [0.2, 0.25) is 0 Å². The molecule has 2 N–H and O–H groups in total. The molecule has 38 heavy (non-hydrogen) atoms. The van der Waals surface area contributed by atoms with E-state index in [-0.39, 0.29) is 0 Å². The highest BCUT2D eigenvalue weighted by Crippen LogP contribution is 2.33. The number of rotatable bonds is 8. The summed E-state index contributed by atoms with van der Waals surface area (Å²) in [5, 5.41) is 8.04. The van der Waals surface area contributed by atoms with E-state index in [9.17, 15) is 13.2 Å². The second kappa shape index (κ2) is 11.0. The van der Waals surface area contributed by atoms with Gasteiger partial charge in [0.1, 0.15) is 17.3 Å². The number of benzene rings is 2. The van der Waals surface area contributed by atoms with Gasteiger partial charge in [0.05, 0.1) is 17.6 Å². The Kier molecular flexibility index (Phi) is 7.56. The van der Waals surface area contributed by atoms with Gasteiger partial charge in [0.25, 0.3) is 0 Å². The molecule has 0 saturated heterocycles. The lowest BCUT2D eigenvalue weighted by Gasteiger charge is -2.29. The molecule has 0 aliphatic heterocycles. The van der Waals surface area contributed by atoms with Gasteiger partial charge in [0.2, 0.25) is 5.95 Å². The Bertz CT molecular complexity index is 1380. The summed E-state index contributed by atoms with van der Waals surface area (Å²) in [7, 11) is 3.98. The summed E-state index contributed by atoms with van der Waals surface area (Å²) < 4.78 is 44.9. The zero-order valence-electron chi connectivity index (χ0n) is 21.6. The zero-order chi connectivity index (χ0) is 26.7. The third-order valence-corrected chi connectivity index (χ3v) is 7.06. The number of hydrogen-bond acceptors (Lipinski definition) is 6. The van der Waals surface area contributed by atoms with E-state index in [1.165, 1.54) is 6.07 Å². The van der Waals surface area contributed by atoms with Crippen molar-refractivity contribution < 1.29 is 17.6 Å². The normalized spacial score (nSPS) is 18.0. The van der Waals surface area contributed by atoms with E-state index in [1.54, 1.807) is 12.1 Å². The number of aromatic nitrogens is 2. The third-order valence-electron chi connectivity index (χ3n) is 7.06. The lowest BCUT2D eigenvalue weighted by molar-refractivity contribution is -0.137. The standard InChI is InChI=1S/C29H32F3N5O/c1-37(2)27-24-8-3-4-9-25(24)35-28(36-27)34-22-12-10-19(11-13-22)17-33-18-23-14-15-26(38-23)20-6-5-7-21(16-20)29(30,31)32/h3-9,14-16,19,22,33H,10-13,17-18H2,1-2H3,(H,34,35,36)/t19-,22+. The van der Waals surface area contributed by atoms with Crippen molar-refractivity contribution in [3.63, 3.8) is 0 Å². The Morgan fingerprint density at radius 1 is 0.947 bits per heavy atom. The fourth-order valence-electron chi connectivity index (χ4n) is 5.04. The molecule has 5 rings (SSSR count). The van der Waals surface area contributed by atoms with Gasteiger partial charge in [0.15, 0.2) is 0 Å². The molecule has 9 heteroatoms. The van der Waals surface area contributed by atoms with Gasteiger partial charge in [0, 0.05) is 31.1 Å². The summed E-state index contributed by atoms with van der Waals surface area (Å²) in [6, 6.07) is 17.1. The summed E-state index contributed by atoms with van der Waals surface area (Å²) in [6.45, 7) is 1.40. The largest absolute Gasteiger partial charge is 0.460 e. The summed E-state index contributed by atoms with van der Waals surface area (Å²) in [5.41, 5.74) is 0.673. The molecule has 200 valence electrons. The van der Waals surface area contributed by atoms with Crippen molar-refractivity contribution in [2.75, 3.05) is 30.9 Å². The van der Waals surface area contributed by atoms with Crippen LogP contribution in [0.3, 0.4) is 0 Å². The molecule has 0 bridgehead atoms. The van der Waals surface area contributed by atoms with Crippen molar-refractivity contribution in [1.29, 1.82) is 0 Å². The Labute approximate surface area is 220 Å². The topological polar surface area (TPSA) is 66.2 Å². The first-order valence-electron chi connectivity index (χ1n) is 12.9. The molecule has 1 aliphatic rings. The molecule has 4 aromatic rings. The van der Waals surface area contributed by atoms with E-state index in [0.717, 1.165) is 61.1 Å². The number of alkyl halides is 3. The highest BCUT2D eigenvalue weighted by atomic mass is 19.4. The second-order valence-corrected chi connectivity index (χ2v) is 10.1. The molecular weight excluding hydrogens is 491 g/mol. The molecular formula is C29H32F3N5O. The number of nitrogens with zero attached hydrogens (tertiary/aromatic N) is 3. The van der Waals surface area contributed by atoms with Crippen LogP contribution in [-0.2, 0) is 12.7 Å². The minimum Gasteiger partial charge on any atom is -0.460 e. The quantitative estimate of drug-likeness (QED) is 0.267. The number of anilines is 2. The van der Waals surface area contributed by atoms with Crippen molar-refractivity contribution in [3.8, 4) is 11.3 Å². The first-order valence-corrected chi connectivity index (χ1v) is 12.9. The van der Waals surface area contributed by atoms with Crippen LogP contribution in [0.25, 0.3) is 22.2 Å². The van der Waals surface area contributed by atoms with Crippen LogP contribution in [0.5, 0.6) is 0 Å². The molecule has 2 aromatic heterocycles. The molecule has 0 atom stereocenters. The van der Waals surface area contributed by atoms with Gasteiger partial charge in [-0.05, 0) is 74.5 Å². The predicted octanol–water partition coefficient (Wildman–Crippen LogP) is 6.74. The number of halogens is 3. The molecule has 2 aromatic carbocycles. The van der Waals surface area contributed by atoms with Crippen molar-refractivity contribution in [3.05, 3.63) is 72.0 Å². The first kappa shape index (κ1) is 26.0. The van der Waals surface area contributed by atoms with Crippen LogP contribution in [0.15, 0.2) is 65.1 Å². The van der Waals surface area contributed by atoms with Crippen molar-refractivity contribution >= 4 is 22.7 Å². The van der Waals surface area contributed by atoms with Gasteiger partial charge in [-0.1, -0.05) is 24.3 Å². The number of hydrogen-bond donors (Lipinski definition) is 2. The van der Waals surface area contributed by atoms with Gasteiger partial charge >= 0.3 is 6.18 Å². The molecule has 0 amide bonds. The van der Waals surface area contributed by atoms with Gasteiger partial charge in [-0.2, -0.15) is 18.2 Å². The van der Waals surface area contributed by atoms with Crippen molar-refractivity contribution in [1.82, 2.24) is 15.3 Å². The van der Waals surface area contributed by atoms with Crippen LogP contribution in [-0.4, -0.2) is 36.6 Å². The smallest absolute Gasteiger partial charge is 0.416 e. The van der Waals surface area contributed by atoms with E-state index in [4.69, 9.17) is 14.4 Å². The molecule has 0 unspecified atom stereocenters. The fraction of sp³-hybridized carbons (Fsp3) is 0.379. The van der Waals surface area contributed by atoms with Crippen LogP contribution in [0.1, 0.15) is 37.0 Å². The Morgan fingerprint density at radius 2 is 1.74 bits per heavy atom. The molecule has 1 saturated carbocycles. The van der Waals surface area contributed by atoms with Crippen LogP contribution >= 0.6 is 0 Å². The Hall–Kier alpha value is -3.59. The number of nitrogens with one attached hydrogen (secondary N) is 2. The first-order chi connectivity index (χ1) is 18.3. The number of para-hydroxylation sites is 1. The highest BCUT2D eigenvalue weighted by Gasteiger charge is 2.30. The van der Waals surface area contributed by atoms with Gasteiger partial charge in [-0.3, -0.25) is 0 Å².